The van der Waals surface area contributed by atoms with Gasteiger partial charge in [0.05, 0.1) is 0 Å². The summed E-state index contributed by atoms with van der Waals surface area (Å²) in [6, 6.07) is 7.68. The lowest BCUT2D eigenvalue weighted by Gasteiger charge is -2.21. The highest BCUT2D eigenvalue weighted by Crippen LogP contribution is 2.28. The molecule has 1 unspecified atom stereocenters. The van der Waals surface area contributed by atoms with Gasteiger partial charge in [-0.05, 0) is 51.1 Å². The first kappa shape index (κ1) is 18.4. The van der Waals surface area contributed by atoms with Crippen molar-refractivity contribution >= 4 is 17.5 Å². The van der Waals surface area contributed by atoms with Gasteiger partial charge in [-0.3, -0.25) is 4.79 Å². The lowest BCUT2D eigenvalue weighted by molar-refractivity contribution is 0.0758. The number of halogens is 1. The second kappa shape index (κ2) is 7.60. The standard InChI is InChI=1S/C20H26ClN5O/c1-14(2)25-9-7-16(13-25)19-23-22-18-8-10-24(11-12-26(18)19)20(27)15-3-5-17(21)6-4-15/h3-6,14,16H,7-13H2,1-2H3. The lowest BCUT2D eigenvalue weighted by Crippen LogP contribution is -2.33. The smallest absolute Gasteiger partial charge is 0.253 e. The van der Waals surface area contributed by atoms with Crippen molar-refractivity contribution in [1.82, 2.24) is 24.6 Å². The number of benzene rings is 1. The van der Waals surface area contributed by atoms with Crippen LogP contribution in [0.4, 0.5) is 0 Å². The Hall–Kier alpha value is -1.92. The molecular weight excluding hydrogens is 362 g/mol. The summed E-state index contributed by atoms with van der Waals surface area (Å²) in [4.78, 5) is 17.2. The summed E-state index contributed by atoms with van der Waals surface area (Å²) in [6.07, 6.45) is 1.87. The Morgan fingerprint density at radius 1 is 1.11 bits per heavy atom. The van der Waals surface area contributed by atoms with Crippen LogP contribution in [0.3, 0.4) is 0 Å². The Kier molecular flexibility index (Phi) is 5.19. The topological polar surface area (TPSA) is 54.3 Å². The van der Waals surface area contributed by atoms with Gasteiger partial charge in [-0.1, -0.05) is 11.6 Å². The molecule has 0 saturated carbocycles. The van der Waals surface area contributed by atoms with E-state index < -0.39 is 0 Å². The maximum atomic E-state index is 12.8. The van der Waals surface area contributed by atoms with Gasteiger partial charge in [-0.25, -0.2) is 0 Å². The molecule has 2 aromatic rings. The van der Waals surface area contributed by atoms with E-state index in [1.807, 2.05) is 4.90 Å². The van der Waals surface area contributed by atoms with Gasteiger partial charge in [0, 0.05) is 55.1 Å². The van der Waals surface area contributed by atoms with Gasteiger partial charge < -0.3 is 14.4 Å². The van der Waals surface area contributed by atoms with Gasteiger partial charge in [-0.15, -0.1) is 10.2 Å². The van der Waals surface area contributed by atoms with Crippen LogP contribution in [-0.2, 0) is 13.0 Å². The highest BCUT2D eigenvalue weighted by molar-refractivity contribution is 6.30. The van der Waals surface area contributed by atoms with Gasteiger partial charge in [-0.2, -0.15) is 0 Å². The first-order valence-electron chi connectivity index (χ1n) is 9.74. The maximum Gasteiger partial charge on any atom is 0.253 e. The monoisotopic (exact) mass is 387 g/mol. The van der Waals surface area contributed by atoms with E-state index in [1.54, 1.807) is 24.3 Å². The van der Waals surface area contributed by atoms with Crippen molar-refractivity contribution in [2.45, 2.75) is 45.2 Å². The van der Waals surface area contributed by atoms with E-state index in [0.29, 0.717) is 35.6 Å². The quantitative estimate of drug-likeness (QED) is 0.812. The van der Waals surface area contributed by atoms with E-state index in [4.69, 9.17) is 11.6 Å². The van der Waals surface area contributed by atoms with Gasteiger partial charge >= 0.3 is 0 Å². The van der Waals surface area contributed by atoms with Crippen LogP contribution in [0.25, 0.3) is 0 Å². The summed E-state index contributed by atoms with van der Waals surface area (Å²) < 4.78 is 2.25. The van der Waals surface area contributed by atoms with Crippen LogP contribution in [0.1, 0.15) is 48.2 Å². The molecule has 2 aliphatic heterocycles. The normalized spacial score (nSPS) is 20.7. The molecule has 3 heterocycles. The fourth-order valence-electron chi connectivity index (χ4n) is 4.09. The zero-order valence-electron chi connectivity index (χ0n) is 15.9. The van der Waals surface area contributed by atoms with Gasteiger partial charge in [0.15, 0.2) is 0 Å². The zero-order chi connectivity index (χ0) is 19.0. The van der Waals surface area contributed by atoms with Crippen LogP contribution in [-0.4, -0.2) is 62.7 Å². The number of hydrogen-bond acceptors (Lipinski definition) is 4. The van der Waals surface area contributed by atoms with Crippen LogP contribution in [0, 0.1) is 0 Å². The fourth-order valence-corrected chi connectivity index (χ4v) is 4.22. The minimum atomic E-state index is 0.0544. The second-order valence-electron chi connectivity index (χ2n) is 7.75. The Labute approximate surface area is 165 Å². The van der Waals surface area contributed by atoms with E-state index in [-0.39, 0.29) is 5.91 Å². The van der Waals surface area contributed by atoms with Crippen LogP contribution in [0.2, 0.25) is 5.02 Å². The van der Waals surface area contributed by atoms with Crippen LogP contribution in [0.15, 0.2) is 24.3 Å². The maximum absolute atomic E-state index is 12.8. The minimum absolute atomic E-state index is 0.0544. The molecule has 1 aromatic carbocycles. The summed E-state index contributed by atoms with van der Waals surface area (Å²) >= 11 is 5.94. The second-order valence-corrected chi connectivity index (χ2v) is 8.19. The molecule has 2 aliphatic rings. The molecule has 27 heavy (non-hydrogen) atoms. The average molecular weight is 388 g/mol. The first-order valence-corrected chi connectivity index (χ1v) is 10.1. The van der Waals surface area contributed by atoms with E-state index in [2.05, 4.69) is 33.5 Å². The number of aromatic nitrogens is 3. The van der Waals surface area contributed by atoms with Gasteiger partial charge in [0.25, 0.3) is 5.91 Å². The van der Waals surface area contributed by atoms with E-state index in [0.717, 1.165) is 44.1 Å². The number of likely N-dealkylation sites (tertiary alicyclic amines) is 1. The third-order valence-corrected chi connectivity index (χ3v) is 6.00. The third-order valence-electron chi connectivity index (χ3n) is 5.75. The van der Waals surface area contributed by atoms with Gasteiger partial charge in [0.1, 0.15) is 11.6 Å². The van der Waals surface area contributed by atoms with Crippen LogP contribution < -0.4 is 0 Å². The third kappa shape index (κ3) is 3.73. The number of carbonyl (C=O) groups is 1. The number of hydrogen-bond donors (Lipinski definition) is 0. The van der Waals surface area contributed by atoms with Crippen molar-refractivity contribution in [2.75, 3.05) is 26.2 Å². The van der Waals surface area contributed by atoms with Crippen molar-refractivity contribution in [2.24, 2.45) is 0 Å². The number of rotatable bonds is 3. The largest absolute Gasteiger partial charge is 0.336 e. The Balaban J connectivity index is 1.47. The number of fused-ring (bicyclic) bond motifs is 1. The molecule has 1 amide bonds. The molecule has 1 atom stereocenters. The molecule has 0 radical (unpaired) electrons. The fraction of sp³-hybridized carbons (Fsp3) is 0.550. The predicted molar refractivity (Wildman–Crippen MR) is 105 cm³/mol. The highest BCUT2D eigenvalue weighted by Gasteiger charge is 2.31. The number of carbonyl (C=O) groups excluding carboxylic acids is 1. The number of nitrogens with zero attached hydrogens (tertiary/aromatic N) is 5. The summed E-state index contributed by atoms with van der Waals surface area (Å²) in [6.45, 7) is 8.76. The summed E-state index contributed by atoms with van der Waals surface area (Å²) in [5.41, 5.74) is 0.681. The van der Waals surface area contributed by atoms with Crippen LogP contribution >= 0.6 is 11.6 Å². The molecule has 0 aliphatic carbocycles. The Morgan fingerprint density at radius 3 is 2.59 bits per heavy atom. The zero-order valence-corrected chi connectivity index (χ0v) is 16.7. The predicted octanol–water partition coefficient (Wildman–Crippen LogP) is 2.83. The minimum Gasteiger partial charge on any atom is -0.336 e. The van der Waals surface area contributed by atoms with Crippen molar-refractivity contribution < 1.29 is 4.79 Å². The lowest BCUT2D eigenvalue weighted by atomic mass is 10.1. The Bertz CT molecular complexity index is 816. The first-order chi connectivity index (χ1) is 13.0. The molecule has 1 fully saturated rings. The molecule has 0 N–H and O–H groups in total. The van der Waals surface area contributed by atoms with Crippen molar-refractivity contribution in [3.8, 4) is 0 Å². The van der Waals surface area contributed by atoms with Gasteiger partial charge in [0.2, 0.25) is 0 Å². The Morgan fingerprint density at radius 2 is 1.89 bits per heavy atom. The molecule has 0 spiro atoms. The molecule has 7 heteroatoms. The molecular formula is C20H26ClN5O. The highest BCUT2D eigenvalue weighted by atomic mass is 35.5. The molecule has 0 bridgehead atoms. The molecule has 1 aromatic heterocycles. The molecule has 4 rings (SSSR count). The SMILES string of the molecule is CC(C)N1CCC(c2nnc3n2CCN(C(=O)c2ccc(Cl)cc2)CC3)C1. The summed E-state index contributed by atoms with van der Waals surface area (Å²) in [5.74, 6) is 2.58. The summed E-state index contributed by atoms with van der Waals surface area (Å²) in [7, 11) is 0. The average Bonchev–Trinajstić information content (AvgIpc) is 3.24. The van der Waals surface area contributed by atoms with Crippen LogP contribution in [0.5, 0.6) is 0 Å². The molecule has 144 valence electrons. The van der Waals surface area contributed by atoms with Crippen molar-refractivity contribution in [1.29, 1.82) is 0 Å². The number of amides is 1. The van der Waals surface area contributed by atoms with E-state index in [1.165, 1.54) is 0 Å². The van der Waals surface area contributed by atoms with Crippen molar-refractivity contribution in [3.63, 3.8) is 0 Å². The molecule has 6 nitrogen and oxygen atoms in total. The van der Waals surface area contributed by atoms with Crippen molar-refractivity contribution in [3.05, 3.63) is 46.5 Å². The molecule has 1 saturated heterocycles. The van der Waals surface area contributed by atoms with E-state index >= 15 is 0 Å². The summed E-state index contributed by atoms with van der Waals surface area (Å²) in [5, 5.41) is 9.61. The van der Waals surface area contributed by atoms with E-state index in [9.17, 15) is 4.79 Å².